The van der Waals surface area contributed by atoms with E-state index in [1.165, 1.54) is 77.3 Å². The molecule has 1 aliphatic carbocycles. The van der Waals surface area contributed by atoms with Crippen LogP contribution in [0.3, 0.4) is 0 Å². The lowest BCUT2D eigenvalue weighted by atomic mass is 10.0. The Morgan fingerprint density at radius 3 is 1.52 bits per heavy atom. The molecule has 0 heterocycles. The van der Waals surface area contributed by atoms with Gasteiger partial charge in [0, 0.05) is 0 Å². The van der Waals surface area contributed by atoms with Crippen LogP contribution in [0.4, 0.5) is 0 Å². The minimum atomic E-state index is 0.539. The summed E-state index contributed by atoms with van der Waals surface area (Å²) in [5.74, 6) is 0.869. The molecule has 1 rings (SSSR count). The maximum absolute atomic E-state index is 3.68. The largest absolute Gasteiger partial charge is 0.316 e. The maximum atomic E-state index is 3.68. The molecule has 1 aliphatic rings. The van der Waals surface area contributed by atoms with E-state index >= 15 is 0 Å². The van der Waals surface area contributed by atoms with E-state index in [9.17, 15) is 0 Å². The molecule has 0 saturated heterocycles. The zero-order valence-corrected chi connectivity index (χ0v) is 15.6. The Hall–Kier alpha value is -0.0400. The van der Waals surface area contributed by atoms with Crippen LogP contribution in [-0.4, -0.2) is 13.1 Å². The van der Waals surface area contributed by atoms with Gasteiger partial charge in [0.2, 0.25) is 0 Å². The summed E-state index contributed by atoms with van der Waals surface area (Å²) >= 11 is 0. The van der Waals surface area contributed by atoms with Gasteiger partial charge in [0.25, 0.3) is 0 Å². The lowest BCUT2D eigenvalue weighted by molar-refractivity contribution is 0.457. The van der Waals surface area contributed by atoms with Crippen molar-refractivity contribution in [1.82, 2.24) is 5.32 Å². The van der Waals surface area contributed by atoms with Gasteiger partial charge in [-0.15, -0.1) is 0 Å². The van der Waals surface area contributed by atoms with Crippen LogP contribution in [0.2, 0.25) is 0 Å². The predicted octanol–water partition coefficient (Wildman–Crippen LogP) is 6.18. The summed E-state index contributed by atoms with van der Waals surface area (Å²) in [6.45, 7) is 14.4. The molecule has 1 nitrogen and oxygen atoms in total. The molecule has 0 spiro atoms. The fourth-order valence-electron chi connectivity index (χ4n) is 3.83. The summed E-state index contributed by atoms with van der Waals surface area (Å²) in [7, 11) is 0. The third-order valence-electron chi connectivity index (χ3n) is 6.38. The molecule has 0 bridgehead atoms. The molecule has 0 aromatic rings. The molecule has 0 radical (unpaired) electrons. The summed E-state index contributed by atoms with van der Waals surface area (Å²) in [6, 6.07) is 0. The maximum Gasteiger partial charge on any atom is -0.000989 e. The van der Waals surface area contributed by atoms with Crippen molar-refractivity contribution in [2.24, 2.45) is 16.7 Å². The van der Waals surface area contributed by atoms with E-state index in [0.29, 0.717) is 10.8 Å². The average molecular weight is 296 g/mol. The van der Waals surface area contributed by atoms with Gasteiger partial charge in [-0.05, 0) is 36.3 Å². The lowest BCUT2D eigenvalue weighted by Crippen LogP contribution is -2.20. The Morgan fingerprint density at radius 2 is 1.10 bits per heavy atom. The first-order chi connectivity index (χ1) is 9.94. The minimum absolute atomic E-state index is 0.539. The Morgan fingerprint density at radius 1 is 0.667 bits per heavy atom. The van der Waals surface area contributed by atoms with Crippen LogP contribution in [0.1, 0.15) is 98.8 Å². The van der Waals surface area contributed by atoms with Crippen LogP contribution in [-0.2, 0) is 0 Å². The molecule has 1 fully saturated rings. The van der Waals surface area contributed by atoms with Gasteiger partial charge in [-0.25, -0.2) is 0 Å². The first-order valence-corrected chi connectivity index (χ1v) is 9.65. The molecular formula is C20H41N. The second-order valence-electron chi connectivity index (χ2n) is 8.38. The Kier molecular flexibility index (Phi) is 8.31. The predicted molar refractivity (Wildman–Crippen MR) is 95.8 cm³/mol. The summed E-state index contributed by atoms with van der Waals surface area (Å²) in [4.78, 5) is 0. The summed E-state index contributed by atoms with van der Waals surface area (Å²) in [5.41, 5.74) is 1.08. The highest BCUT2D eigenvalue weighted by Crippen LogP contribution is 2.67. The van der Waals surface area contributed by atoms with Crippen LogP contribution in [0.5, 0.6) is 0 Å². The van der Waals surface area contributed by atoms with E-state index in [1.807, 2.05) is 0 Å². The molecule has 0 aromatic heterocycles. The third kappa shape index (κ3) is 5.93. The van der Waals surface area contributed by atoms with Crippen molar-refractivity contribution in [3.05, 3.63) is 0 Å². The standard InChI is InChI=1S/C20H41N/c1-6-7-8-9-10-11-12-13-14-15-16-21-17-18-19(2,3)20(18,4)5/h18,21H,6-17H2,1-5H3. The number of nitrogens with one attached hydrogen (secondary N) is 1. The second kappa shape index (κ2) is 9.18. The zero-order chi connectivity index (χ0) is 15.8. The molecule has 0 aromatic carbocycles. The fraction of sp³-hybridized carbons (Fsp3) is 1.00. The smallest absolute Gasteiger partial charge is 0.000989 e. The first kappa shape index (κ1) is 19.0. The highest BCUT2D eigenvalue weighted by Gasteiger charge is 2.63. The number of hydrogen-bond acceptors (Lipinski definition) is 1. The van der Waals surface area contributed by atoms with Gasteiger partial charge < -0.3 is 5.32 Å². The summed E-state index contributed by atoms with van der Waals surface area (Å²) in [5, 5.41) is 3.68. The molecule has 0 aliphatic heterocycles. The molecule has 0 unspecified atom stereocenters. The van der Waals surface area contributed by atoms with Gasteiger partial charge in [0.1, 0.15) is 0 Å². The van der Waals surface area contributed by atoms with Crippen molar-refractivity contribution in [2.45, 2.75) is 98.8 Å². The number of rotatable bonds is 13. The Labute approximate surface area is 134 Å². The molecule has 0 atom stereocenters. The van der Waals surface area contributed by atoms with Crippen molar-refractivity contribution in [3.63, 3.8) is 0 Å². The van der Waals surface area contributed by atoms with Crippen molar-refractivity contribution in [2.75, 3.05) is 13.1 Å². The highest BCUT2D eigenvalue weighted by atomic mass is 14.9. The molecule has 1 N–H and O–H groups in total. The molecule has 0 amide bonds. The Balaban J connectivity index is 1.80. The molecule has 1 heteroatoms. The van der Waals surface area contributed by atoms with Crippen LogP contribution >= 0.6 is 0 Å². The van der Waals surface area contributed by atoms with Gasteiger partial charge in [-0.1, -0.05) is 92.4 Å². The topological polar surface area (TPSA) is 12.0 Å². The number of hydrogen-bond donors (Lipinski definition) is 1. The van der Waals surface area contributed by atoms with E-state index < -0.39 is 0 Å². The van der Waals surface area contributed by atoms with Crippen molar-refractivity contribution in [1.29, 1.82) is 0 Å². The first-order valence-electron chi connectivity index (χ1n) is 9.65. The molecule has 126 valence electrons. The van der Waals surface area contributed by atoms with E-state index in [1.54, 1.807) is 0 Å². The highest BCUT2D eigenvalue weighted by molar-refractivity contribution is 5.12. The SMILES string of the molecule is CCCCCCCCCCCCNCC1C(C)(C)C1(C)C. The van der Waals surface area contributed by atoms with Gasteiger partial charge >= 0.3 is 0 Å². The summed E-state index contributed by atoms with van der Waals surface area (Å²) in [6.07, 6.45) is 14.3. The third-order valence-corrected chi connectivity index (χ3v) is 6.38. The zero-order valence-electron chi connectivity index (χ0n) is 15.6. The van der Waals surface area contributed by atoms with E-state index in [4.69, 9.17) is 0 Å². The van der Waals surface area contributed by atoms with Crippen molar-refractivity contribution < 1.29 is 0 Å². The average Bonchev–Trinajstić information content (AvgIpc) is 2.81. The van der Waals surface area contributed by atoms with E-state index in [-0.39, 0.29) is 0 Å². The number of unbranched alkanes of at least 4 members (excludes halogenated alkanes) is 9. The van der Waals surface area contributed by atoms with Crippen molar-refractivity contribution in [3.8, 4) is 0 Å². The van der Waals surface area contributed by atoms with Gasteiger partial charge in [-0.2, -0.15) is 0 Å². The van der Waals surface area contributed by atoms with Crippen molar-refractivity contribution >= 4 is 0 Å². The van der Waals surface area contributed by atoms with Gasteiger partial charge in [-0.3, -0.25) is 0 Å². The van der Waals surface area contributed by atoms with E-state index in [2.05, 4.69) is 39.9 Å². The van der Waals surface area contributed by atoms with Crippen LogP contribution < -0.4 is 5.32 Å². The minimum Gasteiger partial charge on any atom is -0.316 e. The lowest BCUT2D eigenvalue weighted by Gasteiger charge is -2.06. The Bertz CT molecular complexity index is 253. The second-order valence-corrected chi connectivity index (χ2v) is 8.38. The molecular weight excluding hydrogens is 254 g/mol. The monoisotopic (exact) mass is 295 g/mol. The summed E-state index contributed by atoms with van der Waals surface area (Å²) < 4.78 is 0. The van der Waals surface area contributed by atoms with E-state index in [0.717, 1.165) is 5.92 Å². The van der Waals surface area contributed by atoms with Crippen LogP contribution in [0, 0.1) is 16.7 Å². The van der Waals surface area contributed by atoms with Crippen LogP contribution in [0.25, 0.3) is 0 Å². The molecule has 1 saturated carbocycles. The van der Waals surface area contributed by atoms with Crippen LogP contribution in [0.15, 0.2) is 0 Å². The normalized spacial score (nSPS) is 19.9. The quantitative estimate of drug-likeness (QED) is 0.400. The fourth-order valence-corrected chi connectivity index (χ4v) is 3.83. The van der Waals surface area contributed by atoms with Gasteiger partial charge in [0.05, 0.1) is 0 Å². The van der Waals surface area contributed by atoms with Gasteiger partial charge in [0.15, 0.2) is 0 Å². The molecule has 21 heavy (non-hydrogen) atoms.